The molecule has 2 N–H and O–H groups in total. The van der Waals surface area contributed by atoms with E-state index in [0.717, 1.165) is 31.2 Å². The number of para-hydroxylation sites is 1. The first-order valence-corrected chi connectivity index (χ1v) is 12.3. The van der Waals surface area contributed by atoms with E-state index in [1.165, 1.54) is 0 Å². The SMILES string of the molecule is O=C(CCCc1nc2ccccc2c(=O)[nH]1)NC1CCC(c2nnc(-c3cccc(Cl)c3)o2)CC1. The number of aryl methyl sites for hydroxylation is 1. The maximum absolute atomic E-state index is 12.5. The second-order valence-corrected chi connectivity index (χ2v) is 9.39. The van der Waals surface area contributed by atoms with E-state index in [-0.39, 0.29) is 23.4 Å². The first-order valence-electron chi connectivity index (χ1n) is 11.9. The van der Waals surface area contributed by atoms with Gasteiger partial charge in [0.2, 0.25) is 17.7 Å². The van der Waals surface area contributed by atoms with E-state index >= 15 is 0 Å². The standard InChI is InChI=1S/C26H26ClN5O3/c27-18-6-3-5-17(15-18)26-32-31-25(35-26)16-11-13-19(14-12-16)28-23(33)10-4-9-22-29-21-8-2-1-7-20(21)24(34)30-22/h1-3,5-8,15-16,19H,4,9-14H2,(H,28,33)(H,29,30,34). The van der Waals surface area contributed by atoms with Gasteiger partial charge in [-0.2, -0.15) is 0 Å². The molecule has 180 valence electrons. The number of amides is 1. The minimum atomic E-state index is -0.146. The molecule has 1 aliphatic rings. The number of nitrogens with zero attached hydrogens (tertiary/aromatic N) is 3. The predicted octanol–water partition coefficient (Wildman–Crippen LogP) is 4.79. The number of benzene rings is 2. The van der Waals surface area contributed by atoms with Crippen molar-refractivity contribution in [2.75, 3.05) is 0 Å². The summed E-state index contributed by atoms with van der Waals surface area (Å²) >= 11 is 6.06. The summed E-state index contributed by atoms with van der Waals surface area (Å²) in [6.45, 7) is 0. The Kier molecular flexibility index (Phi) is 6.90. The van der Waals surface area contributed by atoms with Crippen LogP contribution in [0.5, 0.6) is 0 Å². The van der Waals surface area contributed by atoms with Crippen LogP contribution >= 0.6 is 11.6 Å². The van der Waals surface area contributed by atoms with Crippen molar-refractivity contribution in [3.05, 3.63) is 75.6 Å². The molecule has 8 nitrogen and oxygen atoms in total. The van der Waals surface area contributed by atoms with Gasteiger partial charge in [0.1, 0.15) is 5.82 Å². The molecule has 0 atom stereocenters. The van der Waals surface area contributed by atoms with Crippen molar-refractivity contribution in [2.45, 2.75) is 56.9 Å². The van der Waals surface area contributed by atoms with Crippen LogP contribution < -0.4 is 10.9 Å². The van der Waals surface area contributed by atoms with Crippen molar-refractivity contribution >= 4 is 28.4 Å². The summed E-state index contributed by atoms with van der Waals surface area (Å²) in [7, 11) is 0. The van der Waals surface area contributed by atoms with Gasteiger partial charge in [-0.3, -0.25) is 9.59 Å². The van der Waals surface area contributed by atoms with Crippen molar-refractivity contribution in [1.29, 1.82) is 0 Å². The topological polar surface area (TPSA) is 114 Å². The average molecular weight is 492 g/mol. The van der Waals surface area contributed by atoms with Gasteiger partial charge in [0.05, 0.1) is 10.9 Å². The zero-order chi connectivity index (χ0) is 24.2. The molecule has 0 unspecified atom stereocenters. The Morgan fingerprint density at radius 3 is 2.74 bits per heavy atom. The normalized spacial score (nSPS) is 18.0. The lowest BCUT2D eigenvalue weighted by atomic mass is 9.86. The molecule has 4 aromatic rings. The number of fused-ring (bicyclic) bond motifs is 1. The van der Waals surface area contributed by atoms with Crippen LogP contribution in [0.2, 0.25) is 5.02 Å². The van der Waals surface area contributed by atoms with Gasteiger partial charge in [-0.15, -0.1) is 10.2 Å². The molecule has 0 saturated heterocycles. The number of rotatable bonds is 7. The molecule has 35 heavy (non-hydrogen) atoms. The van der Waals surface area contributed by atoms with E-state index < -0.39 is 0 Å². The number of aromatic amines is 1. The van der Waals surface area contributed by atoms with Crippen molar-refractivity contribution in [1.82, 2.24) is 25.5 Å². The van der Waals surface area contributed by atoms with Gasteiger partial charge in [-0.05, 0) is 62.4 Å². The molecule has 2 heterocycles. The van der Waals surface area contributed by atoms with Crippen molar-refractivity contribution in [2.24, 2.45) is 0 Å². The second kappa shape index (κ2) is 10.4. The van der Waals surface area contributed by atoms with Crippen LogP contribution in [-0.2, 0) is 11.2 Å². The monoisotopic (exact) mass is 491 g/mol. The van der Waals surface area contributed by atoms with Gasteiger partial charge in [0, 0.05) is 35.4 Å². The fraction of sp³-hybridized carbons (Fsp3) is 0.346. The Bertz CT molecular complexity index is 1390. The Morgan fingerprint density at radius 1 is 1.09 bits per heavy atom. The van der Waals surface area contributed by atoms with Crippen molar-refractivity contribution in [3.8, 4) is 11.5 Å². The highest BCUT2D eigenvalue weighted by molar-refractivity contribution is 6.30. The van der Waals surface area contributed by atoms with Crippen LogP contribution in [0.3, 0.4) is 0 Å². The zero-order valence-corrected chi connectivity index (χ0v) is 19.9. The van der Waals surface area contributed by atoms with Crippen LogP contribution in [-0.4, -0.2) is 32.1 Å². The van der Waals surface area contributed by atoms with E-state index in [2.05, 4.69) is 25.5 Å². The maximum Gasteiger partial charge on any atom is 0.258 e. The summed E-state index contributed by atoms with van der Waals surface area (Å²) in [4.78, 5) is 32.0. The Hall–Kier alpha value is -3.52. The average Bonchev–Trinajstić information content (AvgIpc) is 3.35. The van der Waals surface area contributed by atoms with Gasteiger partial charge in [-0.1, -0.05) is 29.8 Å². The Morgan fingerprint density at radius 2 is 1.91 bits per heavy atom. The van der Waals surface area contributed by atoms with Crippen LogP contribution in [0.15, 0.2) is 57.7 Å². The Balaban J connectivity index is 1.08. The molecule has 2 aromatic carbocycles. The molecular weight excluding hydrogens is 466 g/mol. The van der Waals surface area contributed by atoms with Crippen molar-refractivity contribution in [3.63, 3.8) is 0 Å². The van der Waals surface area contributed by atoms with Crippen LogP contribution in [0.25, 0.3) is 22.4 Å². The number of H-pyrrole nitrogens is 1. The van der Waals surface area contributed by atoms with E-state index in [0.29, 0.717) is 52.8 Å². The highest BCUT2D eigenvalue weighted by Gasteiger charge is 2.27. The van der Waals surface area contributed by atoms with Gasteiger partial charge in [0.15, 0.2) is 0 Å². The zero-order valence-electron chi connectivity index (χ0n) is 19.2. The maximum atomic E-state index is 12.5. The van der Waals surface area contributed by atoms with Crippen LogP contribution in [0.4, 0.5) is 0 Å². The van der Waals surface area contributed by atoms with E-state index in [1.54, 1.807) is 18.2 Å². The molecule has 0 radical (unpaired) electrons. The fourth-order valence-corrected chi connectivity index (χ4v) is 4.78. The molecule has 1 amide bonds. The number of halogens is 1. The number of hydrogen-bond acceptors (Lipinski definition) is 6. The minimum absolute atomic E-state index is 0.0256. The number of hydrogen-bond donors (Lipinski definition) is 2. The summed E-state index contributed by atoms with van der Waals surface area (Å²) in [5, 5.41) is 12.8. The first-order chi connectivity index (χ1) is 17.0. The molecule has 0 bridgehead atoms. The highest BCUT2D eigenvalue weighted by atomic mass is 35.5. The number of carbonyl (C=O) groups is 1. The van der Waals surface area contributed by atoms with Gasteiger partial charge in [0.25, 0.3) is 5.56 Å². The van der Waals surface area contributed by atoms with E-state index in [4.69, 9.17) is 16.0 Å². The molecule has 2 aromatic heterocycles. The van der Waals surface area contributed by atoms with Gasteiger partial charge in [-0.25, -0.2) is 4.98 Å². The molecule has 0 aliphatic heterocycles. The number of carbonyl (C=O) groups excluding carboxylic acids is 1. The summed E-state index contributed by atoms with van der Waals surface area (Å²) < 4.78 is 5.91. The predicted molar refractivity (Wildman–Crippen MR) is 133 cm³/mol. The van der Waals surface area contributed by atoms with Crippen molar-refractivity contribution < 1.29 is 9.21 Å². The van der Waals surface area contributed by atoms with Gasteiger partial charge >= 0.3 is 0 Å². The second-order valence-electron chi connectivity index (χ2n) is 8.96. The molecule has 5 rings (SSSR count). The number of aromatic nitrogens is 4. The van der Waals surface area contributed by atoms with E-state index in [1.807, 2.05) is 30.3 Å². The third kappa shape index (κ3) is 5.59. The van der Waals surface area contributed by atoms with Crippen LogP contribution in [0, 0.1) is 0 Å². The third-order valence-electron chi connectivity index (χ3n) is 6.43. The summed E-state index contributed by atoms with van der Waals surface area (Å²) in [5.74, 6) is 1.94. The van der Waals surface area contributed by atoms with Gasteiger partial charge < -0.3 is 14.7 Å². The van der Waals surface area contributed by atoms with Crippen LogP contribution in [0.1, 0.15) is 56.2 Å². The third-order valence-corrected chi connectivity index (χ3v) is 6.67. The summed E-state index contributed by atoms with van der Waals surface area (Å²) in [6, 6.07) is 14.8. The summed E-state index contributed by atoms with van der Waals surface area (Å²) in [5.41, 5.74) is 1.33. The first kappa shape index (κ1) is 23.2. The summed E-state index contributed by atoms with van der Waals surface area (Å²) in [6.07, 6.45) is 5.05. The smallest absolute Gasteiger partial charge is 0.258 e. The largest absolute Gasteiger partial charge is 0.420 e. The highest BCUT2D eigenvalue weighted by Crippen LogP contribution is 2.33. The molecule has 1 saturated carbocycles. The lowest BCUT2D eigenvalue weighted by molar-refractivity contribution is -0.122. The molecule has 9 heteroatoms. The molecule has 0 spiro atoms. The minimum Gasteiger partial charge on any atom is -0.420 e. The fourth-order valence-electron chi connectivity index (χ4n) is 4.59. The van der Waals surface area contributed by atoms with E-state index in [9.17, 15) is 9.59 Å². The molecule has 1 aliphatic carbocycles. The molecular formula is C26H26ClN5O3. The Labute approximate surface area is 207 Å². The number of nitrogens with one attached hydrogen (secondary N) is 2. The quantitative estimate of drug-likeness (QED) is 0.384. The lowest BCUT2D eigenvalue weighted by Gasteiger charge is -2.27. The molecule has 1 fully saturated rings. The lowest BCUT2D eigenvalue weighted by Crippen LogP contribution is -2.37.